The van der Waals surface area contributed by atoms with Crippen LogP contribution in [0, 0.1) is 0 Å². The van der Waals surface area contributed by atoms with E-state index in [9.17, 15) is 0 Å². The normalized spacial score (nSPS) is 11.8. The molecule has 3 heterocycles. The highest BCUT2D eigenvalue weighted by atomic mass is 32.1. The van der Waals surface area contributed by atoms with Crippen LogP contribution in [0.5, 0.6) is 0 Å². The molecule has 4 heteroatoms. The molecule has 0 saturated heterocycles. The van der Waals surface area contributed by atoms with Crippen molar-refractivity contribution < 1.29 is 0 Å². The molecular formula is C48H29N3S. The van der Waals surface area contributed by atoms with Crippen LogP contribution in [0.4, 0.5) is 0 Å². The van der Waals surface area contributed by atoms with Gasteiger partial charge in [0.2, 0.25) is 0 Å². The minimum atomic E-state index is 0.714. The molecule has 11 aromatic rings. The molecule has 0 aliphatic heterocycles. The highest BCUT2D eigenvalue weighted by molar-refractivity contribution is 7.26. The molecule has 0 unspecified atom stereocenters. The molecule has 0 amide bonds. The quantitative estimate of drug-likeness (QED) is 0.185. The summed E-state index contributed by atoms with van der Waals surface area (Å²) in [5, 5.41) is 10.0. The topological polar surface area (TPSA) is 30.7 Å². The molecule has 242 valence electrons. The van der Waals surface area contributed by atoms with E-state index in [1.54, 1.807) is 0 Å². The number of benzene rings is 8. The third kappa shape index (κ3) is 4.45. The van der Waals surface area contributed by atoms with Crippen LogP contribution < -0.4 is 0 Å². The summed E-state index contributed by atoms with van der Waals surface area (Å²) in [5.41, 5.74) is 8.45. The van der Waals surface area contributed by atoms with Crippen molar-refractivity contribution >= 4 is 74.9 Å². The second-order valence-corrected chi connectivity index (χ2v) is 14.4. The Labute approximate surface area is 303 Å². The molecule has 0 aliphatic carbocycles. The molecule has 0 radical (unpaired) electrons. The Morgan fingerprint density at radius 3 is 1.65 bits per heavy atom. The van der Waals surface area contributed by atoms with E-state index in [0.29, 0.717) is 5.82 Å². The largest absolute Gasteiger partial charge is 0.309 e. The van der Waals surface area contributed by atoms with E-state index in [1.807, 2.05) is 35.6 Å². The number of thiophene rings is 1. The summed E-state index contributed by atoms with van der Waals surface area (Å²) < 4.78 is 4.95. The Hall–Kier alpha value is -6.62. The molecule has 0 spiro atoms. The molecule has 0 saturated carbocycles. The first-order valence-electron chi connectivity index (χ1n) is 17.6. The van der Waals surface area contributed by atoms with E-state index in [1.165, 1.54) is 63.5 Å². The summed E-state index contributed by atoms with van der Waals surface area (Å²) >= 11 is 1.83. The Bertz CT molecular complexity index is 3020. The van der Waals surface area contributed by atoms with Gasteiger partial charge in [0.25, 0.3) is 0 Å². The smallest absolute Gasteiger partial charge is 0.160 e. The summed E-state index contributed by atoms with van der Waals surface area (Å²) in [7, 11) is 0. The van der Waals surface area contributed by atoms with E-state index in [2.05, 4.69) is 156 Å². The Balaban J connectivity index is 1.28. The van der Waals surface area contributed by atoms with Gasteiger partial charge in [-0.05, 0) is 57.9 Å². The number of hydrogen-bond acceptors (Lipinski definition) is 3. The van der Waals surface area contributed by atoms with Crippen LogP contribution in [-0.4, -0.2) is 14.5 Å². The van der Waals surface area contributed by atoms with Gasteiger partial charge in [0, 0.05) is 53.3 Å². The van der Waals surface area contributed by atoms with Gasteiger partial charge in [-0.1, -0.05) is 140 Å². The van der Waals surface area contributed by atoms with E-state index in [0.717, 1.165) is 33.8 Å². The van der Waals surface area contributed by atoms with Gasteiger partial charge in [0.1, 0.15) is 0 Å². The SMILES string of the molecule is c1ccc(-c2cc(-c3cc(-n4c5ccc6ccccc6c5c5c6ccccc6ccc54)cc4c3sc3ccccc34)nc(-c3ccccc3)n2)cc1. The predicted octanol–water partition coefficient (Wildman–Crippen LogP) is 13.2. The molecule has 0 fully saturated rings. The lowest BCUT2D eigenvalue weighted by atomic mass is 10.00. The number of hydrogen-bond donors (Lipinski definition) is 0. The summed E-state index contributed by atoms with van der Waals surface area (Å²) in [4.78, 5) is 10.5. The minimum Gasteiger partial charge on any atom is -0.309 e. The Kier molecular flexibility index (Phi) is 6.42. The van der Waals surface area contributed by atoms with Crippen LogP contribution in [0.3, 0.4) is 0 Å². The zero-order chi connectivity index (χ0) is 34.2. The number of nitrogens with zero attached hydrogens (tertiary/aromatic N) is 3. The third-order valence-electron chi connectivity index (χ3n) is 10.4. The first kappa shape index (κ1) is 29.1. The predicted molar refractivity (Wildman–Crippen MR) is 221 cm³/mol. The van der Waals surface area contributed by atoms with E-state index in [-0.39, 0.29) is 0 Å². The second kappa shape index (κ2) is 11.5. The standard InChI is InChI=1S/C48H29N3S/c1-3-15-32(16-4-1)40-29-41(50-48(49-40)33-17-5-2-6-18-33)39-28-34(27-38-37-21-11-12-22-44(37)52-47(38)39)51-42-25-23-30-13-7-9-19-35(30)45(42)46-36-20-10-8-14-31(36)24-26-43(46)51/h1-29H. The molecule has 8 aromatic carbocycles. The van der Waals surface area contributed by atoms with Crippen molar-refractivity contribution in [1.82, 2.24) is 14.5 Å². The molecule has 11 rings (SSSR count). The van der Waals surface area contributed by atoms with Gasteiger partial charge in [0.15, 0.2) is 5.82 Å². The molecule has 3 nitrogen and oxygen atoms in total. The van der Waals surface area contributed by atoms with E-state index >= 15 is 0 Å². The highest BCUT2D eigenvalue weighted by Crippen LogP contribution is 2.45. The first-order chi connectivity index (χ1) is 25.8. The van der Waals surface area contributed by atoms with E-state index < -0.39 is 0 Å². The Morgan fingerprint density at radius 1 is 0.423 bits per heavy atom. The lowest BCUT2D eigenvalue weighted by molar-refractivity contribution is 1.17. The van der Waals surface area contributed by atoms with E-state index in [4.69, 9.17) is 9.97 Å². The van der Waals surface area contributed by atoms with Crippen LogP contribution in [0.15, 0.2) is 176 Å². The minimum absolute atomic E-state index is 0.714. The number of fused-ring (bicyclic) bond motifs is 10. The lowest BCUT2D eigenvalue weighted by Gasteiger charge is -2.14. The maximum Gasteiger partial charge on any atom is 0.160 e. The van der Waals surface area contributed by atoms with Crippen molar-refractivity contribution in [3.8, 4) is 39.6 Å². The molecular weight excluding hydrogens is 651 g/mol. The van der Waals surface area contributed by atoms with Crippen molar-refractivity contribution in [3.05, 3.63) is 176 Å². The monoisotopic (exact) mass is 679 g/mol. The second-order valence-electron chi connectivity index (χ2n) is 13.4. The zero-order valence-corrected chi connectivity index (χ0v) is 28.8. The van der Waals surface area contributed by atoms with Gasteiger partial charge in [-0.25, -0.2) is 9.97 Å². The highest BCUT2D eigenvalue weighted by Gasteiger charge is 2.21. The van der Waals surface area contributed by atoms with Crippen LogP contribution in [-0.2, 0) is 0 Å². The average Bonchev–Trinajstić information content (AvgIpc) is 3.77. The fourth-order valence-corrected chi connectivity index (χ4v) is 9.22. The van der Waals surface area contributed by atoms with Gasteiger partial charge in [0.05, 0.1) is 22.4 Å². The van der Waals surface area contributed by atoms with Gasteiger partial charge < -0.3 is 4.57 Å². The van der Waals surface area contributed by atoms with Crippen molar-refractivity contribution in [2.45, 2.75) is 0 Å². The van der Waals surface area contributed by atoms with Gasteiger partial charge in [-0.2, -0.15) is 0 Å². The van der Waals surface area contributed by atoms with Gasteiger partial charge >= 0.3 is 0 Å². The fourth-order valence-electron chi connectivity index (χ4n) is 8.02. The Morgan fingerprint density at radius 2 is 0.981 bits per heavy atom. The summed E-state index contributed by atoms with van der Waals surface area (Å²) in [6, 6.07) is 63.1. The first-order valence-corrected chi connectivity index (χ1v) is 18.4. The maximum atomic E-state index is 5.33. The molecule has 3 aromatic heterocycles. The zero-order valence-electron chi connectivity index (χ0n) is 28.0. The molecule has 0 N–H and O–H groups in total. The van der Waals surface area contributed by atoms with Crippen LogP contribution in [0.2, 0.25) is 0 Å². The maximum absolute atomic E-state index is 5.33. The summed E-state index contributed by atoms with van der Waals surface area (Å²) in [6.07, 6.45) is 0. The fraction of sp³-hybridized carbons (Fsp3) is 0. The average molecular weight is 680 g/mol. The number of rotatable bonds is 4. The third-order valence-corrected chi connectivity index (χ3v) is 11.6. The van der Waals surface area contributed by atoms with Gasteiger partial charge in [-0.15, -0.1) is 11.3 Å². The summed E-state index contributed by atoms with van der Waals surface area (Å²) in [5.74, 6) is 0.714. The molecule has 0 aliphatic rings. The number of aromatic nitrogens is 3. The molecule has 0 bridgehead atoms. The molecule has 0 atom stereocenters. The summed E-state index contributed by atoms with van der Waals surface area (Å²) in [6.45, 7) is 0. The van der Waals surface area contributed by atoms with Crippen LogP contribution >= 0.6 is 11.3 Å². The van der Waals surface area contributed by atoms with Crippen molar-refractivity contribution in [2.75, 3.05) is 0 Å². The van der Waals surface area contributed by atoms with Gasteiger partial charge in [-0.3, -0.25) is 0 Å². The van der Waals surface area contributed by atoms with Crippen LogP contribution in [0.1, 0.15) is 0 Å². The van der Waals surface area contributed by atoms with Crippen molar-refractivity contribution in [2.24, 2.45) is 0 Å². The lowest BCUT2D eigenvalue weighted by Crippen LogP contribution is -1.98. The molecule has 52 heavy (non-hydrogen) atoms. The van der Waals surface area contributed by atoms with Crippen molar-refractivity contribution in [1.29, 1.82) is 0 Å². The van der Waals surface area contributed by atoms with Crippen LogP contribution in [0.25, 0.3) is 103 Å². The van der Waals surface area contributed by atoms with Crippen molar-refractivity contribution in [3.63, 3.8) is 0 Å².